The van der Waals surface area contributed by atoms with Crippen LogP contribution in [-0.2, 0) is 6.54 Å². The van der Waals surface area contributed by atoms with E-state index in [0.717, 1.165) is 17.0 Å². The van der Waals surface area contributed by atoms with Crippen molar-refractivity contribution in [2.75, 3.05) is 13.7 Å². The Morgan fingerprint density at radius 3 is 2.55 bits per heavy atom. The summed E-state index contributed by atoms with van der Waals surface area (Å²) in [5.41, 5.74) is 0.747. The van der Waals surface area contributed by atoms with Gasteiger partial charge in [-0.2, -0.15) is 5.10 Å². The van der Waals surface area contributed by atoms with Gasteiger partial charge in [-0.25, -0.2) is 0 Å². The molecule has 0 saturated heterocycles. The monoisotopic (exact) mass is 296 g/mol. The van der Waals surface area contributed by atoms with E-state index >= 15 is 0 Å². The van der Waals surface area contributed by atoms with Crippen LogP contribution < -0.4 is 14.9 Å². The Balaban J connectivity index is 1.71. The van der Waals surface area contributed by atoms with E-state index in [9.17, 15) is 4.79 Å². The fourth-order valence-corrected chi connectivity index (χ4v) is 2.26. The summed E-state index contributed by atoms with van der Waals surface area (Å²) in [4.78, 5) is 11.8. The Morgan fingerprint density at radius 1 is 1.05 bits per heavy atom. The lowest BCUT2D eigenvalue weighted by Gasteiger charge is -2.10. The lowest BCUT2D eigenvalue weighted by Crippen LogP contribution is -2.16. The van der Waals surface area contributed by atoms with Crippen molar-refractivity contribution < 1.29 is 9.47 Å². The number of hydrogen-bond acceptors (Lipinski definition) is 4. The summed E-state index contributed by atoms with van der Waals surface area (Å²) in [6.45, 7) is 1.03. The molecule has 0 saturated carbocycles. The Hall–Kier alpha value is -2.82. The zero-order chi connectivity index (χ0) is 15.4. The number of nitrogens with zero attached hydrogens (tertiary/aromatic N) is 2. The maximum atomic E-state index is 11.8. The summed E-state index contributed by atoms with van der Waals surface area (Å²) in [6.07, 6.45) is 1.34. The molecule has 0 fully saturated rings. The van der Waals surface area contributed by atoms with Crippen molar-refractivity contribution in [3.05, 3.63) is 65.0 Å². The molecule has 22 heavy (non-hydrogen) atoms. The first-order valence-electron chi connectivity index (χ1n) is 6.99. The number of methoxy groups -OCH3 is 1. The van der Waals surface area contributed by atoms with Crippen LogP contribution in [0.2, 0.25) is 0 Å². The first-order valence-corrected chi connectivity index (χ1v) is 6.99. The van der Waals surface area contributed by atoms with Crippen molar-refractivity contribution in [2.24, 2.45) is 0 Å². The fraction of sp³-hybridized carbons (Fsp3) is 0.176. The van der Waals surface area contributed by atoms with E-state index in [2.05, 4.69) is 5.10 Å². The van der Waals surface area contributed by atoms with Crippen LogP contribution in [0.25, 0.3) is 10.9 Å². The average molecular weight is 296 g/mol. The van der Waals surface area contributed by atoms with Crippen molar-refractivity contribution >= 4 is 10.9 Å². The van der Waals surface area contributed by atoms with Gasteiger partial charge < -0.3 is 9.47 Å². The summed E-state index contributed by atoms with van der Waals surface area (Å²) < 4.78 is 12.6. The Bertz CT molecular complexity index is 825. The Kier molecular flexibility index (Phi) is 4.05. The highest BCUT2D eigenvalue weighted by atomic mass is 16.5. The molecule has 3 rings (SSSR count). The largest absolute Gasteiger partial charge is 0.497 e. The van der Waals surface area contributed by atoms with Crippen LogP contribution in [0.5, 0.6) is 11.5 Å². The van der Waals surface area contributed by atoms with Crippen LogP contribution in [0.4, 0.5) is 0 Å². The minimum Gasteiger partial charge on any atom is -0.497 e. The molecule has 3 aromatic rings. The SMILES string of the molecule is COc1ccc(OCCn2ncc(=O)c3ccccc32)cc1. The molecule has 2 aromatic carbocycles. The molecule has 1 heterocycles. The van der Waals surface area contributed by atoms with Crippen LogP contribution in [0.15, 0.2) is 59.5 Å². The first kappa shape index (κ1) is 14.1. The third-order valence-corrected chi connectivity index (χ3v) is 3.39. The molecule has 0 aliphatic rings. The van der Waals surface area contributed by atoms with E-state index in [1.165, 1.54) is 6.20 Å². The van der Waals surface area contributed by atoms with E-state index in [-0.39, 0.29) is 5.43 Å². The third kappa shape index (κ3) is 2.93. The molecule has 0 spiro atoms. The molecule has 0 bridgehead atoms. The predicted octanol–water partition coefficient (Wildman–Crippen LogP) is 2.48. The van der Waals surface area contributed by atoms with Crippen molar-refractivity contribution in [3.63, 3.8) is 0 Å². The number of hydrogen-bond donors (Lipinski definition) is 0. The quantitative estimate of drug-likeness (QED) is 0.726. The predicted molar refractivity (Wildman–Crippen MR) is 84.5 cm³/mol. The normalized spacial score (nSPS) is 10.6. The number of rotatable bonds is 5. The number of fused-ring (bicyclic) bond motifs is 1. The molecule has 1 aromatic heterocycles. The topological polar surface area (TPSA) is 53.4 Å². The molecule has 0 aliphatic heterocycles. The van der Waals surface area contributed by atoms with Crippen LogP contribution >= 0.6 is 0 Å². The van der Waals surface area contributed by atoms with E-state index in [1.807, 2.05) is 42.5 Å². The van der Waals surface area contributed by atoms with Gasteiger partial charge in [0.25, 0.3) is 0 Å². The van der Waals surface area contributed by atoms with Crippen LogP contribution in [0.3, 0.4) is 0 Å². The molecule has 5 heteroatoms. The molecule has 5 nitrogen and oxygen atoms in total. The molecule has 0 unspecified atom stereocenters. The third-order valence-electron chi connectivity index (χ3n) is 3.39. The second kappa shape index (κ2) is 6.30. The zero-order valence-electron chi connectivity index (χ0n) is 12.2. The Morgan fingerprint density at radius 2 is 1.77 bits per heavy atom. The molecule has 112 valence electrons. The highest BCUT2D eigenvalue weighted by Crippen LogP contribution is 2.17. The summed E-state index contributed by atoms with van der Waals surface area (Å²) in [5.74, 6) is 1.56. The lowest BCUT2D eigenvalue weighted by molar-refractivity contribution is 0.292. The van der Waals surface area contributed by atoms with Gasteiger partial charge in [-0.05, 0) is 36.4 Å². The van der Waals surface area contributed by atoms with Gasteiger partial charge in [-0.3, -0.25) is 9.48 Å². The molecular weight excluding hydrogens is 280 g/mol. The number of aromatic nitrogens is 2. The molecule has 0 amide bonds. The van der Waals surface area contributed by atoms with Crippen molar-refractivity contribution in [1.29, 1.82) is 0 Å². The van der Waals surface area contributed by atoms with Gasteiger partial charge in [0.1, 0.15) is 18.1 Å². The number of para-hydroxylation sites is 1. The molecule has 0 radical (unpaired) electrons. The average Bonchev–Trinajstić information content (AvgIpc) is 2.58. The Labute approximate surface area is 127 Å². The van der Waals surface area contributed by atoms with E-state index in [4.69, 9.17) is 9.47 Å². The number of ether oxygens (including phenoxy) is 2. The van der Waals surface area contributed by atoms with E-state index in [0.29, 0.717) is 18.5 Å². The van der Waals surface area contributed by atoms with Crippen LogP contribution in [0, 0.1) is 0 Å². The summed E-state index contributed by atoms with van der Waals surface area (Å²) >= 11 is 0. The minimum atomic E-state index is -0.0667. The van der Waals surface area contributed by atoms with Crippen LogP contribution in [-0.4, -0.2) is 23.5 Å². The molecular formula is C17H16N2O3. The second-order valence-electron chi connectivity index (χ2n) is 4.77. The highest BCUT2D eigenvalue weighted by molar-refractivity contribution is 5.77. The maximum Gasteiger partial charge on any atom is 0.207 e. The smallest absolute Gasteiger partial charge is 0.207 e. The van der Waals surface area contributed by atoms with Gasteiger partial charge in [0.2, 0.25) is 5.43 Å². The summed E-state index contributed by atoms with van der Waals surface area (Å²) in [7, 11) is 1.63. The molecule has 0 N–H and O–H groups in total. The van der Waals surface area contributed by atoms with Crippen molar-refractivity contribution in [2.45, 2.75) is 6.54 Å². The van der Waals surface area contributed by atoms with Gasteiger partial charge in [0.05, 0.1) is 25.4 Å². The van der Waals surface area contributed by atoms with Gasteiger partial charge in [0.15, 0.2) is 0 Å². The molecule has 0 atom stereocenters. The molecule has 0 aliphatic carbocycles. The number of benzene rings is 2. The first-order chi connectivity index (χ1) is 10.8. The standard InChI is InChI=1S/C17H16N2O3/c1-21-13-6-8-14(9-7-13)22-11-10-19-16-5-3-2-4-15(16)17(20)12-18-19/h2-9,12H,10-11H2,1H3. The van der Waals surface area contributed by atoms with Gasteiger partial charge in [0, 0.05) is 5.39 Å². The lowest BCUT2D eigenvalue weighted by atomic mass is 10.2. The van der Waals surface area contributed by atoms with Gasteiger partial charge in [-0.1, -0.05) is 12.1 Å². The van der Waals surface area contributed by atoms with Crippen molar-refractivity contribution in [3.8, 4) is 11.5 Å². The zero-order valence-corrected chi connectivity index (χ0v) is 12.2. The fourth-order valence-electron chi connectivity index (χ4n) is 2.26. The summed E-state index contributed by atoms with van der Waals surface area (Å²) in [5, 5.41) is 4.84. The van der Waals surface area contributed by atoms with Gasteiger partial charge in [-0.15, -0.1) is 0 Å². The van der Waals surface area contributed by atoms with Crippen molar-refractivity contribution in [1.82, 2.24) is 9.78 Å². The van der Waals surface area contributed by atoms with E-state index in [1.54, 1.807) is 17.9 Å². The maximum absolute atomic E-state index is 11.8. The second-order valence-corrected chi connectivity index (χ2v) is 4.77. The van der Waals surface area contributed by atoms with Crippen LogP contribution in [0.1, 0.15) is 0 Å². The summed E-state index contributed by atoms with van der Waals surface area (Å²) in [6, 6.07) is 14.8. The van der Waals surface area contributed by atoms with Gasteiger partial charge >= 0.3 is 0 Å². The highest BCUT2D eigenvalue weighted by Gasteiger charge is 2.03. The van der Waals surface area contributed by atoms with E-state index < -0.39 is 0 Å². The minimum absolute atomic E-state index is 0.0667.